The maximum absolute atomic E-state index is 11.0. The number of benzene rings is 1. The minimum Gasteiger partial charge on any atom is -0.291 e. The summed E-state index contributed by atoms with van der Waals surface area (Å²) in [6, 6.07) is 9.21. The Bertz CT molecular complexity index is 576. The molecule has 1 aliphatic heterocycles. The number of likely N-dealkylation sites (tertiary alicyclic amines) is 1. The maximum atomic E-state index is 11.0. The average molecular weight is 314 g/mol. The van der Waals surface area contributed by atoms with Crippen molar-refractivity contribution in [2.24, 2.45) is 0 Å². The van der Waals surface area contributed by atoms with Gasteiger partial charge < -0.3 is 0 Å². The molecule has 3 rings (SSSR count). The minimum absolute atomic E-state index is 0.139. The van der Waals surface area contributed by atoms with Crippen LogP contribution in [0.15, 0.2) is 30.3 Å². The summed E-state index contributed by atoms with van der Waals surface area (Å²) >= 11 is 0. The Balaban J connectivity index is 1.77. The Morgan fingerprint density at radius 1 is 1.26 bits per heavy atom. The van der Waals surface area contributed by atoms with E-state index >= 15 is 0 Å². The largest absolute Gasteiger partial charge is 0.291 e. The predicted molar refractivity (Wildman–Crippen MR) is 91.0 cm³/mol. The molecule has 1 amide bonds. The highest BCUT2D eigenvalue weighted by Gasteiger charge is 2.42. The van der Waals surface area contributed by atoms with Crippen molar-refractivity contribution >= 4 is 12.0 Å². The van der Waals surface area contributed by atoms with E-state index < -0.39 is 5.91 Å². The first-order valence-corrected chi connectivity index (χ1v) is 8.63. The Kier molecular flexibility index (Phi) is 4.83. The summed E-state index contributed by atoms with van der Waals surface area (Å²) in [4.78, 5) is 13.8. The van der Waals surface area contributed by atoms with Crippen molar-refractivity contribution < 1.29 is 10.0 Å². The molecule has 4 heteroatoms. The molecular formula is C19H26N2O2. The van der Waals surface area contributed by atoms with Gasteiger partial charge in [-0.2, -0.15) is 0 Å². The number of nitrogens with zero attached hydrogens (tertiary/aromatic N) is 1. The van der Waals surface area contributed by atoms with Gasteiger partial charge in [-0.25, -0.2) is 5.48 Å². The lowest BCUT2D eigenvalue weighted by Crippen LogP contribution is -2.44. The van der Waals surface area contributed by atoms with Crippen molar-refractivity contribution in [3.8, 4) is 0 Å². The topological polar surface area (TPSA) is 52.6 Å². The summed E-state index contributed by atoms with van der Waals surface area (Å²) in [5, 5.41) is 8.51. The van der Waals surface area contributed by atoms with Crippen LogP contribution in [-0.4, -0.2) is 28.6 Å². The van der Waals surface area contributed by atoms with Crippen LogP contribution in [0.3, 0.4) is 0 Å². The second-order valence-electron chi connectivity index (χ2n) is 6.94. The van der Waals surface area contributed by atoms with Gasteiger partial charge in [-0.1, -0.05) is 37.1 Å². The molecule has 124 valence electrons. The van der Waals surface area contributed by atoms with E-state index in [-0.39, 0.29) is 5.54 Å². The van der Waals surface area contributed by atoms with Crippen molar-refractivity contribution in [1.29, 1.82) is 0 Å². The van der Waals surface area contributed by atoms with Crippen molar-refractivity contribution in [2.75, 3.05) is 6.54 Å². The molecule has 2 fully saturated rings. The Morgan fingerprint density at radius 3 is 2.61 bits per heavy atom. The van der Waals surface area contributed by atoms with Gasteiger partial charge in [0, 0.05) is 17.7 Å². The molecule has 0 aromatic heterocycles. The van der Waals surface area contributed by atoms with Gasteiger partial charge in [0.2, 0.25) is 0 Å². The lowest BCUT2D eigenvalue weighted by atomic mass is 9.87. The van der Waals surface area contributed by atoms with E-state index in [0.29, 0.717) is 0 Å². The molecule has 1 aromatic rings. The Morgan fingerprint density at radius 2 is 1.96 bits per heavy atom. The highest BCUT2D eigenvalue weighted by Crippen LogP contribution is 2.43. The van der Waals surface area contributed by atoms with Crippen molar-refractivity contribution in [2.45, 2.75) is 57.0 Å². The van der Waals surface area contributed by atoms with Gasteiger partial charge in [-0.15, -0.1) is 0 Å². The van der Waals surface area contributed by atoms with E-state index in [1.165, 1.54) is 56.7 Å². The van der Waals surface area contributed by atoms with Gasteiger partial charge in [0.15, 0.2) is 0 Å². The van der Waals surface area contributed by atoms with Crippen molar-refractivity contribution in [3.63, 3.8) is 0 Å². The molecule has 0 spiro atoms. The van der Waals surface area contributed by atoms with Gasteiger partial charge in [0.25, 0.3) is 5.91 Å². The second-order valence-corrected chi connectivity index (χ2v) is 6.94. The Hall–Kier alpha value is -1.65. The van der Waals surface area contributed by atoms with Crippen LogP contribution in [0.25, 0.3) is 6.08 Å². The summed E-state index contributed by atoms with van der Waals surface area (Å²) in [7, 11) is 0. The third-order valence-corrected chi connectivity index (χ3v) is 5.53. The molecule has 0 radical (unpaired) electrons. The lowest BCUT2D eigenvalue weighted by Gasteiger charge is -2.40. The number of carbonyl (C=O) groups excluding carboxylic acids is 1. The van der Waals surface area contributed by atoms with Crippen LogP contribution in [-0.2, 0) is 10.3 Å². The summed E-state index contributed by atoms with van der Waals surface area (Å²) < 4.78 is 0. The predicted octanol–water partition coefficient (Wildman–Crippen LogP) is 3.46. The van der Waals surface area contributed by atoms with E-state index in [4.69, 9.17) is 5.21 Å². The molecule has 0 bridgehead atoms. The normalized spacial score (nSPS) is 26.2. The standard InChI is InChI=1S/C19H26N2O2/c1-19(13-4-14-21(19)17-5-2-3-6-17)16-10-7-15(8-11-16)9-12-18(22)20-23/h7-12,17,23H,2-6,13-14H2,1H3,(H,20,22)/b12-9+. The van der Waals surface area contributed by atoms with Crippen molar-refractivity contribution in [3.05, 3.63) is 41.5 Å². The minimum atomic E-state index is -0.510. The number of rotatable bonds is 4. The van der Waals surface area contributed by atoms with E-state index in [1.807, 2.05) is 12.1 Å². The highest BCUT2D eigenvalue weighted by molar-refractivity contribution is 5.90. The molecule has 1 atom stereocenters. The zero-order valence-electron chi connectivity index (χ0n) is 13.8. The van der Waals surface area contributed by atoms with Crippen LogP contribution < -0.4 is 5.48 Å². The van der Waals surface area contributed by atoms with Crippen LogP contribution in [0.2, 0.25) is 0 Å². The molecule has 1 saturated carbocycles. The number of hydroxylamine groups is 1. The van der Waals surface area contributed by atoms with Gasteiger partial charge in [0.05, 0.1) is 0 Å². The Labute approximate surface area is 138 Å². The average Bonchev–Trinajstić information content (AvgIpc) is 3.22. The molecule has 4 nitrogen and oxygen atoms in total. The number of hydrogen-bond acceptors (Lipinski definition) is 3. The molecule has 1 aliphatic carbocycles. The second kappa shape index (κ2) is 6.85. The smallest absolute Gasteiger partial charge is 0.267 e. The molecule has 2 aliphatic rings. The summed E-state index contributed by atoms with van der Waals surface area (Å²) in [6.07, 6.45) is 10.9. The summed E-state index contributed by atoms with van der Waals surface area (Å²) in [5.41, 5.74) is 4.07. The van der Waals surface area contributed by atoms with Gasteiger partial charge in [-0.05, 0) is 56.4 Å². The fraction of sp³-hybridized carbons (Fsp3) is 0.526. The van der Waals surface area contributed by atoms with Crippen molar-refractivity contribution in [1.82, 2.24) is 10.4 Å². The van der Waals surface area contributed by atoms with E-state index in [9.17, 15) is 4.79 Å². The van der Waals surface area contributed by atoms with Crippen LogP contribution in [0.1, 0.15) is 56.6 Å². The lowest BCUT2D eigenvalue weighted by molar-refractivity contribution is -0.124. The number of nitrogens with one attached hydrogen (secondary N) is 1. The van der Waals surface area contributed by atoms with Crippen LogP contribution in [0.4, 0.5) is 0 Å². The van der Waals surface area contributed by atoms with E-state index in [2.05, 4.69) is 24.0 Å². The van der Waals surface area contributed by atoms with Gasteiger partial charge in [-0.3, -0.25) is 14.9 Å². The van der Waals surface area contributed by atoms with Crippen LogP contribution in [0.5, 0.6) is 0 Å². The van der Waals surface area contributed by atoms with Crippen LogP contribution >= 0.6 is 0 Å². The summed E-state index contributed by atoms with van der Waals surface area (Å²) in [5.74, 6) is -0.510. The number of carbonyl (C=O) groups is 1. The van der Waals surface area contributed by atoms with E-state index in [1.54, 1.807) is 11.6 Å². The zero-order valence-corrected chi connectivity index (χ0v) is 13.8. The van der Waals surface area contributed by atoms with E-state index in [0.717, 1.165) is 11.6 Å². The molecule has 1 saturated heterocycles. The fourth-order valence-electron chi connectivity index (χ4n) is 4.26. The quantitative estimate of drug-likeness (QED) is 0.508. The zero-order chi connectivity index (χ0) is 16.3. The maximum Gasteiger partial charge on any atom is 0.267 e. The van der Waals surface area contributed by atoms with Gasteiger partial charge >= 0.3 is 0 Å². The monoisotopic (exact) mass is 314 g/mol. The number of hydrogen-bond donors (Lipinski definition) is 2. The third-order valence-electron chi connectivity index (χ3n) is 5.53. The van der Waals surface area contributed by atoms with Crippen LogP contribution in [0, 0.1) is 0 Å². The van der Waals surface area contributed by atoms with Gasteiger partial charge in [0.1, 0.15) is 0 Å². The summed E-state index contributed by atoms with van der Waals surface area (Å²) in [6.45, 7) is 3.59. The fourth-order valence-corrected chi connectivity index (χ4v) is 4.26. The third kappa shape index (κ3) is 3.33. The molecule has 1 unspecified atom stereocenters. The highest BCUT2D eigenvalue weighted by atomic mass is 16.5. The first kappa shape index (κ1) is 16.2. The molecule has 2 N–H and O–H groups in total. The number of amides is 1. The molecule has 1 heterocycles. The molecular weight excluding hydrogens is 288 g/mol. The first-order valence-electron chi connectivity index (χ1n) is 8.63. The molecule has 1 aromatic carbocycles. The first-order chi connectivity index (χ1) is 11.1. The SMILES string of the molecule is CC1(c2ccc(/C=C/C(=O)NO)cc2)CCCN1C1CCCC1. The molecule has 23 heavy (non-hydrogen) atoms.